The molecule has 1 rings (SSSR count). The van der Waals surface area contributed by atoms with Gasteiger partial charge < -0.3 is 5.11 Å². The molecule has 11 heavy (non-hydrogen) atoms. The minimum atomic E-state index is -0.835. The lowest BCUT2D eigenvalue weighted by molar-refractivity contribution is -0.135. The highest BCUT2D eigenvalue weighted by atomic mass is 16.4. The van der Waals surface area contributed by atoms with Gasteiger partial charge in [0.2, 0.25) is 0 Å². The highest BCUT2D eigenvalue weighted by Gasteiger charge is 2.14. The molecule has 58 valence electrons. The van der Waals surface area contributed by atoms with E-state index in [4.69, 9.17) is 5.11 Å². The topological polar surface area (TPSA) is 49.7 Å². The Bertz CT molecular complexity index is 251. The minimum Gasteiger partial charge on any atom is -0.481 e. The van der Waals surface area contributed by atoms with Crippen LogP contribution in [0.25, 0.3) is 0 Å². The smallest absolute Gasteiger partial charge is 0.309 e. The molecule has 0 spiro atoms. The van der Waals surface area contributed by atoms with Gasteiger partial charge in [-0.2, -0.15) is 0 Å². The molecule has 3 heteroatoms. The monoisotopic (exact) mass is 151 g/mol. The number of hydrogen-bond donors (Lipinski definition) is 1. The lowest BCUT2D eigenvalue weighted by atomic mass is 10.0. The lowest BCUT2D eigenvalue weighted by Gasteiger charge is -2.12. The van der Waals surface area contributed by atoms with E-state index < -0.39 is 5.97 Å². The molecule has 1 heterocycles. The minimum absolute atomic E-state index is 0.0275. The maximum atomic E-state index is 10.2. The molecule has 0 saturated heterocycles. The van der Waals surface area contributed by atoms with Gasteiger partial charge in [0.15, 0.2) is 0 Å². The Morgan fingerprint density at radius 3 is 2.91 bits per heavy atom. The number of hydrogen-bond acceptors (Lipinski definition) is 2. The van der Waals surface area contributed by atoms with Crippen molar-refractivity contribution >= 4 is 11.7 Å². The molecule has 1 aliphatic heterocycles. The summed E-state index contributed by atoms with van der Waals surface area (Å²) in [4.78, 5) is 14.1. The standard InChI is InChI=1S/C8H9NO2/c1-2-3-6-5-9-7(6)4-8(10)11/h2,5H,1,3-4H2,(H,10,11). The van der Waals surface area contributed by atoms with Crippen molar-refractivity contribution in [3.8, 4) is 0 Å². The number of carbonyl (C=O) groups is 1. The molecule has 0 amide bonds. The van der Waals surface area contributed by atoms with E-state index in [0.717, 1.165) is 5.57 Å². The Balaban J connectivity index is 2.40. The third-order valence-corrected chi connectivity index (χ3v) is 1.43. The van der Waals surface area contributed by atoms with E-state index in [9.17, 15) is 4.79 Å². The van der Waals surface area contributed by atoms with Gasteiger partial charge >= 0.3 is 5.97 Å². The van der Waals surface area contributed by atoms with Crippen molar-refractivity contribution in [2.45, 2.75) is 12.8 Å². The summed E-state index contributed by atoms with van der Waals surface area (Å²) in [5.74, 6) is -0.835. The molecule has 0 aliphatic carbocycles. The molecule has 3 nitrogen and oxygen atoms in total. The number of carboxylic acids is 1. The van der Waals surface area contributed by atoms with Crippen LogP contribution in [0.4, 0.5) is 0 Å². The first-order valence-corrected chi connectivity index (χ1v) is 3.33. The predicted molar refractivity (Wildman–Crippen MR) is 42.6 cm³/mol. The first-order chi connectivity index (χ1) is 5.24. The van der Waals surface area contributed by atoms with Crippen LogP contribution in [0.2, 0.25) is 0 Å². The molecular weight excluding hydrogens is 142 g/mol. The predicted octanol–water partition coefficient (Wildman–Crippen LogP) is 1.38. The zero-order valence-electron chi connectivity index (χ0n) is 6.08. The molecule has 0 aromatic heterocycles. The zero-order valence-corrected chi connectivity index (χ0v) is 6.08. The molecule has 0 saturated carbocycles. The van der Waals surface area contributed by atoms with Crippen LogP contribution in [0.1, 0.15) is 12.8 Å². The van der Waals surface area contributed by atoms with Gasteiger partial charge in [0.1, 0.15) is 0 Å². The molecule has 0 aromatic carbocycles. The Hall–Kier alpha value is -1.38. The van der Waals surface area contributed by atoms with Crippen molar-refractivity contribution in [1.29, 1.82) is 0 Å². The fourth-order valence-electron chi connectivity index (χ4n) is 0.876. The summed E-state index contributed by atoms with van der Waals surface area (Å²) in [7, 11) is 0. The number of aliphatic carboxylic acids is 1. The fraction of sp³-hybridized carbons (Fsp3) is 0.250. The number of aliphatic imine (C=N–C) groups is 1. The molecule has 0 unspecified atom stereocenters. The molecule has 0 atom stereocenters. The van der Waals surface area contributed by atoms with E-state index in [-0.39, 0.29) is 6.42 Å². The number of allylic oxidation sites excluding steroid dienone is 2. The highest BCUT2D eigenvalue weighted by molar-refractivity contribution is 6.12. The van der Waals surface area contributed by atoms with Gasteiger partial charge in [-0.25, -0.2) is 0 Å². The molecule has 0 radical (unpaired) electrons. The lowest BCUT2D eigenvalue weighted by Crippen LogP contribution is -2.14. The van der Waals surface area contributed by atoms with Crippen molar-refractivity contribution in [2.24, 2.45) is 4.99 Å². The van der Waals surface area contributed by atoms with E-state index >= 15 is 0 Å². The van der Waals surface area contributed by atoms with Crippen LogP contribution < -0.4 is 0 Å². The second-order valence-electron chi connectivity index (χ2n) is 2.29. The van der Waals surface area contributed by atoms with E-state index in [0.29, 0.717) is 12.1 Å². The van der Waals surface area contributed by atoms with Crippen molar-refractivity contribution in [3.63, 3.8) is 0 Å². The molecule has 1 N–H and O–H groups in total. The van der Waals surface area contributed by atoms with Gasteiger partial charge in [0.05, 0.1) is 12.1 Å². The van der Waals surface area contributed by atoms with Crippen LogP contribution in [0.5, 0.6) is 0 Å². The molecule has 1 aliphatic rings. The van der Waals surface area contributed by atoms with Crippen LogP contribution in [0.3, 0.4) is 0 Å². The van der Waals surface area contributed by atoms with E-state index in [1.165, 1.54) is 0 Å². The third kappa shape index (κ3) is 1.77. The van der Waals surface area contributed by atoms with E-state index in [2.05, 4.69) is 11.6 Å². The van der Waals surface area contributed by atoms with Gasteiger partial charge in [-0.05, 0) is 12.0 Å². The maximum absolute atomic E-state index is 10.2. The second-order valence-corrected chi connectivity index (χ2v) is 2.29. The summed E-state index contributed by atoms with van der Waals surface area (Å²) in [5, 5.41) is 8.40. The van der Waals surface area contributed by atoms with E-state index in [1.54, 1.807) is 12.3 Å². The number of nitrogens with zero attached hydrogens (tertiary/aromatic N) is 1. The molecular formula is C8H9NO2. The Kier molecular flexibility index (Phi) is 2.21. The Labute approximate surface area is 64.8 Å². The summed E-state index contributed by atoms with van der Waals surface area (Å²) < 4.78 is 0. The molecule has 0 aromatic rings. The average molecular weight is 151 g/mol. The first kappa shape index (κ1) is 7.72. The number of carboxylic acid groups (broad SMARTS) is 1. The molecule has 0 fully saturated rings. The van der Waals surface area contributed by atoms with Crippen LogP contribution in [-0.4, -0.2) is 16.8 Å². The molecule has 0 bridgehead atoms. The maximum Gasteiger partial charge on any atom is 0.309 e. The summed E-state index contributed by atoms with van der Waals surface area (Å²) in [5.41, 5.74) is 1.67. The van der Waals surface area contributed by atoms with Crippen LogP contribution in [-0.2, 0) is 4.79 Å². The summed E-state index contributed by atoms with van der Waals surface area (Å²) >= 11 is 0. The largest absolute Gasteiger partial charge is 0.481 e. The van der Waals surface area contributed by atoms with Crippen molar-refractivity contribution in [3.05, 3.63) is 24.4 Å². The third-order valence-electron chi connectivity index (χ3n) is 1.43. The summed E-state index contributed by atoms with van der Waals surface area (Å²) in [6, 6.07) is 0. The van der Waals surface area contributed by atoms with Crippen molar-refractivity contribution in [1.82, 2.24) is 0 Å². The first-order valence-electron chi connectivity index (χ1n) is 3.33. The Morgan fingerprint density at radius 1 is 1.82 bits per heavy atom. The fourth-order valence-corrected chi connectivity index (χ4v) is 0.876. The van der Waals surface area contributed by atoms with E-state index in [1.807, 2.05) is 0 Å². The quantitative estimate of drug-likeness (QED) is 0.617. The SMILES string of the molecule is C=CCC1=CN=C1CC(=O)O. The highest BCUT2D eigenvalue weighted by Crippen LogP contribution is 2.16. The average Bonchev–Trinajstić information content (AvgIpc) is 1.93. The van der Waals surface area contributed by atoms with Crippen molar-refractivity contribution < 1.29 is 9.90 Å². The zero-order chi connectivity index (χ0) is 8.27. The normalized spacial score (nSPS) is 14.5. The summed E-state index contributed by atoms with van der Waals surface area (Å²) in [6.45, 7) is 3.55. The van der Waals surface area contributed by atoms with Gasteiger partial charge in [0, 0.05) is 6.20 Å². The van der Waals surface area contributed by atoms with Crippen LogP contribution >= 0.6 is 0 Å². The number of rotatable bonds is 4. The van der Waals surface area contributed by atoms with Gasteiger partial charge in [-0.15, -0.1) is 6.58 Å². The Morgan fingerprint density at radius 2 is 2.55 bits per heavy atom. The summed E-state index contributed by atoms with van der Waals surface area (Å²) in [6.07, 6.45) is 4.16. The van der Waals surface area contributed by atoms with Crippen LogP contribution in [0, 0.1) is 0 Å². The van der Waals surface area contributed by atoms with Crippen LogP contribution in [0.15, 0.2) is 29.4 Å². The van der Waals surface area contributed by atoms with Crippen molar-refractivity contribution in [2.75, 3.05) is 0 Å². The van der Waals surface area contributed by atoms with Gasteiger partial charge in [0.25, 0.3) is 0 Å². The van der Waals surface area contributed by atoms with Gasteiger partial charge in [-0.1, -0.05) is 6.08 Å². The van der Waals surface area contributed by atoms with Gasteiger partial charge in [-0.3, -0.25) is 9.79 Å². The second kappa shape index (κ2) is 3.14.